The molecule has 1 unspecified atom stereocenters. The summed E-state index contributed by atoms with van der Waals surface area (Å²) in [6.45, 7) is 2.54. The summed E-state index contributed by atoms with van der Waals surface area (Å²) < 4.78 is 11.1. The predicted molar refractivity (Wildman–Crippen MR) is 149 cm³/mol. The third-order valence-electron chi connectivity index (χ3n) is 6.24. The van der Waals surface area contributed by atoms with Crippen molar-refractivity contribution in [3.8, 4) is 5.75 Å². The van der Waals surface area contributed by atoms with Gasteiger partial charge in [-0.2, -0.15) is 0 Å². The van der Waals surface area contributed by atoms with Crippen molar-refractivity contribution in [3.05, 3.63) is 94.0 Å². The number of halogens is 1. The molecule has 198 valence electrons. The van der Waals surface area contributed by atoms with Crippen LogP contribution in [0.3, 0.4) is 0 Å². The molecule has 1 fully saturated rings. The fourth-order valence-corrected chi connectivity index (χ4v) is 5.61. The normalized spacial score (nSPS) is 16.6. The first-order valence-corrected chi connectivity index (χ1v) is 13.3. The number of ketones is 1. The maximum absolute atomic E-state index is 13.5. The van der Waals surface area contributed by atoms with Crippen molar-refractivity contribution >= 4 is 61.7 Å². The summed E-state index contributed by atoms with van der Waals surface area (Å²) in [5, 5.41) is 12.2. The highest BCUT2D eigenvalue weighted by Gasteiger charge is 2.48. The van der Waals surface area contributed by atoms with Gasteiger partial charge < -0.3 is 14.6 Å². The second kappa shape index (κ2) is 10.9. The van der Waals surface area contributed by atoms with E-state index in [-0.39, 0.29) is 16.5 Å². The van der Waals surface area contributed by atoms with E-state index in [4.69, 9.17) is 21.1 Å². The average Bonchev–Trinajstić information content (AvgIpc) is 3.48. The van der Waals surface area contributed by atoms with E-state index >= 15 is 0 Å². The summed E-state index contributed by atoms with van der Waals surface area (Å²) >= 11 is 7.35. The molecule has 0 spiro atoms. The largest absolute Gasteiger partial charge is 0.507 e. The molecule has 1 aliphatic heterocycles. The van der Waals surface area contributed by atoms with Gasteiger partial charge in [-0.25, -0.2) is 9.78 Å². The number of methoxy groups -OCH3 is 1. The van der Waals surface area contributed by atoms with E-state index in [1.54, 1.807) is 66.7 Å². The van der Waals surface area contributed by atoms with Crippen LogP contribution in [0.5, 0.6) is 5.75 Å². The van der Waals surface area contributed by atoms with E-state index in [1.807, 2.05) is 6.92 Å². The van der Waals surface area contributed by atoms with E-state index in [0.717, 1.165) is 11.1 Å². The van der Waals surface area contributed by atoms with Crippen molar-refractivity contribution < 1.29 is 29.0 Å². The Hall–Kier alpha value is -4.21. The summed E-state index contributed by atoms with van der Waals surface area (Å²) in [4.78, 5) is 44.7. The van der Waals surface area contributed by atoms with Crippen LogP contribution in [-0.2, 0) is 14.3 Å². The Morgan fingerprint density at radius 2 is 1.74 bits per heavy atom. The van der Waals surface area contributed by atoms with Gasteiger partial charge in [0.05, 0.1) is 41.1 Å². The van der Waals surface area contributed by atoms with E-state index in [9.17, 15) is 19.5 Å². The molecule has 5 rings (SSSR count). The van der Waals surface area contributed by atoms with Crippen LogP contribution in [0.15, 0.2) is 72.3 Å². The molecule has 2 heterocycles. The van der Waals surface area contributed by atoms with Gasteiger partial charge >= 0.3 is 11.9 Å². The highest BCUT2D eigenvalue weighted by atomic mass is 35.5. The molecule has 10 heteroatoms. The van der Waals surface area contributed by atoms with Crippen LogP contribution in [0.4, 0.5) is 5.13 Å². The Balaban J connectivity index is 1.65. The first kappa shape index (κ1) is 26.4. The first-order chi connectivity index (χ1) is 18.8. The molecule has 1 aromatic heterocycles. The minimum absolute atomic E-state index is 0.0923. The number of aromatic nitrogens is 1. The number of aliphatic hydroxyl groups is 1. The molecule has 8 nitrogen and oxygen atoms in total. The number of hydrogen-bond acceptors (Lipinski definition) is 8. The number of carbonyl (C=O) groups is 3. The Bertz CT molecular complexity index is 1610. The fourth-order valence-electron chi connectivity index (χ4n) is 4.34. The van der Waals surface area contributed by atoms with Crippen molar-refractivity contribution in [2.75, 3.05) is 18.6 Å². The lowest BCUT2D eigenvalue weighted by atomic mass is 9.94. The lowest BCUT2D eigenvalue weighted by molar-refractivity contribution is -0.132. The number of aliphatic hydroxyl groups excluding tert-OH is 1. The molecule has 1 amide bonds. The predicted octanol–water partition coefficient (Wildman–Crippen LogP) is 6.15. The number of ether oxygens (including phenoxy) is 2. The molecule has 4 aromatic rings. The smallest absolute Gasteiger partial charge is 0.337 e. The van der Waals surface area contributed by atoms with E-state index in [0.29, 0.717) is 39.6 Å². The topological polar surface area (TPSA) is 106 Å². The van der Waals surface area contributed by atoms with Gasteiger partial charge in [-0.3, -0.25) is 14.5 Å². The van der Waals surface area contributed by atoms with Gasteiger partial charge in [-0.05, 0) is 66.6 Å². The number of nitrogens with zero attached hydrogens (tertiary/aromatic N) is 2. The van der Waals surface area contributed by atoms with Crippen LogP contribution in [0.1, 0.15) is 40.9 Å². The number of rotatable bonds is 7. The van der Waals surface area contributed by atoms with Crippen molar-refractivity contribution in [1.82, 2.24) is 4.98 Å². The molecule has 0 aliphatic carbocycles. The zero-order chi connectivity index (χ0) is 27.7. The summed E-state index contributed by atoms with van der Waals surface area (Å²) in [6, 6.07) is 17.1. The minimum atomic E-state index is -0.997. The van der Waals surface area contributed by atoms with Crippen LogP contribution in [0.2, 0.25) is 5.02 Å². The Labute approximate surface area is 233 Å². The van der Waals surface area contributed by atoms with Gasteiger partial charge in [-0.1, -0.05) is 42.0 Å². The van der Waals surface area contributed by atoms with Crippen molar-refractivity contribution in [1.29, 1.82) is 0 Å². The lowest BCUT2D eigenvalue weighted by Crippen LogP contribution is -2.29. The zero-order valence-corrected chi connectivity index (χ0v) is 22.6. The van der Waals surface area contributed by atoms with Gasteiger partial charge in [0, 0.05) is 10.6 Å². The molecule has 0 radical (unpaired) electrons. The number of carbonyl (C=O) groups excluding carboxylic acids is 3. The van der Waals surface area contributed by atoms with Gasteiger partial charge in [0.25, 0.3) is 5.78 Å². The average molecular weight is 563 g/mol. The first-order valence-electron chi connectivity index (χ1n) is 12.1. The summed E-state index contributed by atoms with van der Waals surface area (Å²) in [5.74, 6) is -1.91. The quantitative estimate of drug-likeness (QED) is 0.125. The van der Waals surface area contributed by atoms with Gasteiger partial charge in [0.15, 0.2) is 5.13 Å². The molecule has 0 saturated carbocycles. The van der Waals surface area contributed by atoms with Crippen LogP contribution in [-0.4, -0.2) is 41.5 Å². The number of Topliss-reactive ketones (excluding diaryl/α,β-unsaturated/α-hetero) is 1. The number of thiazole rings is 1. The molecule has 1 N–H and O–H groups in total. The number of anilines is 1. The minimum Gasteiger partial charge on any atom is -0.507 e. The molecule has 1 atom stereocenters. The Morgan fingerprint density at radius 1 is 1.05 bits per heavy atom. The van der Waals surface area contributed by atoms with Crippen molar-refractivity contribution in [2.24, 2.45) is 0 Å². The fraction of sp³-hybridized carbons (Fsp3) is 0.172. The summed E-state index contributed by atoms with van der Waals surface area (Å²) in [7, 11) is 1.28. The van der Waals surface area contributed by atoms with Gasteiger partial charge in [0.1, 0.15) is 11.5 Å². The standard InChI is InChI=1S/C29H23ClN2O6S/c1-3-14-38-20-11-8-17(9-12-20)25(33)23-24(16-4-6-18(7-5-16)28(36)37-2)32(27(35)26(23)34)29-31-21-13-10-19(30)15-22(21)39-29/h4-13,15,24,33H,3,14H2,1-2H3/b25-23+. The van der Waals surface area contributed by atoms with Crippen molar-refractivity contribution in [3.63, 3.8) is 0 Å². The SMILES string of the molecule is CCCOc1ccc(/C(O)=C2\C(=O)C(=O)N(c3nc4ccc(Cl)cc4s3)C2c2ccc(C(=O)OC)cc2)cc1. The van der Waals surface area contributed by atoms with Gasteiger partial charge in [-0.15, -0.1) is 0 Å². The van der Waals surface area contributed by atoms with Crippen LogP contribution < -0.4 is 9.64 Å². The maximum atomic E-state index is 13.5. The molecule has 0 bridgehead atoms. The van der Waals surface area contributed by atoms with E-state index < -0.39 is 23.7 Å². The monoisotopic (exact) mass is 562 g/mol. The highest BCUT2D eigenvalue weighted by Crippen LogP contribution is 2.44. The summed E-state index contributed by atoms with van der Waals surface area (Å²) in [5.41, 5.74) is 1.68. The number of esters is 1. The molecular formula is C29H23ClN2O6S. The molecule has 3 aromatic carbocycles. The Morgan fingerprint density at radius 3 is 2.41 bits per heavy atom. The third kappa shape index (κ3) is 4.98. The van der Waals surface area contributed by atoms with Crippen LogP contribution >= 0.6 is 22.9 Å². The number of amides is 1. The van der Waals surface area contributed by atoms with Crippen LogP contribution in [0, 0.1) is 0 Å². The van der Waals surface area contributed by atoms with E-state index in [2.05, 4.69) is 4.98 Å². The van der Waals surface area contributed by atoms with E-state index in [1.165, 1.54) is 23.3 Å². The summed E-state index contributed by atoms with van der Waals surface area (Å²) in [6.07, 6.45) is 0.845. The zero-order valence-electron chi connectivity index (χ0n) is 21.0. The van der Waals surface area contributed by atoms with Crippen molar-refractivity contribution in [2.45, 2.75) is 19.4 Å². The molecule has 1 aliphatic rings. The molecular weight excluding hydrogens is 540 g/mol. The number of fused-ring (bicyclic) bond motifs is 1. The second-order valence-corrected chi connectivity index (χ2v) is 10.2. The lowest BCUT2D eigenvalue weighted by Gasteiger charge is -2.23. The number of hydrogen-bond donors (Lipinski definition) is 1. The van der Waals surface area contributed by atoms with Gasteiger partial charge in [0.2, 0.25) is 0 Å². The third-order valence-corrected chi connectivity index (χ3v) is 7.49. The second-order valence-electron chi connectivity index (χ2n) is 8.76. The maximum Gasteiger partial charge on any atom is 0.337 e. The molecule has 1 saturated heterocycles. The molecule has 39 heavy (non-hydrogen) atoms. The Kier molecular flexibility index (Phi) is 7.36. The number of benzene rings is 3. The highest BCUT2D eigenvalue weighted by molar-refractivity contribution is 7.22. The van der Waals surface area contributed by atoms with Crippen LogP contribution in [0.25, 0.3) is 16.0 Å².